The first-order valence-electron chi connectivity index (χ1n) is 7.49. The van der Waals surface area contributed by atoms with Crippen molar-refractivity contribution in [2.75, 3.05) is 6.54 Å². The highest BCUT2D eigenvalue weighted by Crippen LogP contribution is 2.33. The molecule has 0 spiro atoms. The summed E-state index contributed by atoms with van der Waals surface area (Å²) in [5.41, 5.74) is 0. The van der Waals surface area contributed by atoms with Crippen molar-refractivity contribution in [3.05, 3.63) is 11.6 Å². The van der Waals surface area contributed by atoms with Crippen LogP contribution >= 0.6 is 0 Å². The third-order valence-electron chi connectivity index (χ3n) is 4.41. The Hall–Kier alpha value is -0.900. The van der Waals surface area contributed by atoms with E-state index in [0.29, 0.717) is 12.0 Å². The van der Waals surface area contributed by atoms with E-state index in [1.807, 2.05) is 11.7 Å². The van der Waals surface area contributed by atoms with Gasteiger partial charge in [0, 0.05) is 13.0 Å². The highest BCUT2D eigenvalue weighted by atomic mass is 15.3. The molecule has 18 heavy (non-hydrogen) atoms. The predicted molar refractivity (Wildman–Crippen MR) is 71.4 cm³/mol. The second-order valence-electron chi connectivity index (χ2n) is 5.79. The van der Waals surface area contributed by atoms with Crippen LogP contribution in [0.2, 0.25) is 0 Å². The average molecular weight is 248 g/mol. The number of rotatable bonds is 2. The van der Waals surface area contributed by atoms with Gasteiger partial charge in [0.15, 0.2) is 5.82 Å². The molecule has 1 atom stereocenters. The number of hydrogen-bond donors (Lipinski definition) is 1. The van der Waals surface area contributed by atoms with Gasteiger partial charge in [-0.1, -0.05) is 25.7 Å². The molecule has 1 aliphatic carbocycles. The number of nitrogens with one attached hydrogen (secondary N) is 1. The summed E-state index contributed by atoms with van der Waals surface area (Å²) in [6.45, 7) is 1.12. The lowest BCUT2D eigenvalue weighted by atomic mass is 10.1. The Balaban J connectivity index is 1.78. The lowest BCUT2D eigenvalue weighted by Crippen LogP contribution is -2.23. The molecule has 2 heterocycles. The van der Waals surface area contributed by atoms with E-state index in [-0.39, 0.29) is 0 Å². The first kappa shape index (κ1) is 12.2. The smallest absolute Gasteiger partial charge is 0.154 e. The van der Waals surface area contributed by atoms with E-state index in [1.165, 1.54) is 51.4 Å². The van der Waals surface area contributed by atoms with E-state index in [0.717, 1.165) is 18.2 Å². The van der Waals surface area contributed by atoms with Gasteiger partial charge in [0.25, 0.3) is 0 Å². The van der Waals surface area contributed by atoms with Gasteiger partial charge in [-0.15, -0.1) is 0 Å². The quantitative estimate of drug-likeness (QED) is 0.875. The van der Waals surface area contributed by atoms with Crippen LogP contribution in [0.25, 0.3) is 0 Å². The van der Waals surface area contributed by atoms with Crippen molar-refractivity contribution in [3.8, 4) is 0 Å². The molecule has 0 bridgehead atoms. The van der Waals surface area contributed by atoms with Crippen molar-refractivity contribution < 1.29 is 0 Å². The van der Waals surface area contributed by atoms with E-state index in [9.17, 15) is 0 Å². The van der Waals surface area contributed by atoms with Crippen LogP contribution < -0.4 is 5.32 Å². The molecule has 1 unspecified atom stereocenters. The summed E-state index contributed by atoms with van der Waals surface area (Å²) in [4.78, 5) is 4.85. The van der Waals surface area contributed by atoms with Crippen molar-refractivity contribution in [2.45, 2.75) is 63.3 Å². The van der Waals surface area contributed by atoms with Crippen LogP contribution in [-0.2, 0) is 7.05 Å². The fourth-order valence-electron chi connectivity index (χ4n) is 3.33. The van der Waals surface area contributed by atoms with Crippen LogP contribution in [-0.4, -0.2) is 21.3 Å². The maximum Gasteiger partial charge on any atom is 0.154 e. The standard InChI is InChI=1S/C14H24N4/c1-18-14(12-9-3-2-6-10-15-12)16-13(17-18)11-7-4-5-8-11/h11-12,15H,2-10H2,1H3. The van der Waals surface area contributed by atoms with E-state index in [4.69, 9.17) is 4.98 Å². The molecule has 1 saturated carbocycles. The van der Waals surface area contributed by atoms with Gasteiger partial charge in [-0.25, -0.2) is 4.98 Å². The molecule has 1 N–H and O–H groups in total. The predicted octanol–water partition coefficient (Wildman–Crippen LogP) is 2.68. The number of hydrogen-bond acceptors (Lipinski definition) is 3. The minimum absolute atomic E-state index is 0.417. The van der Waals surface area contributed by atoms with Crippen LogP contribution in [0.4, 0.5) is 0 Å². The maximum absolute atomic E-state index is 4.85. The second kappa shape index (κ2) is 5.39. The zero-order chi connectivity index (χ0) is 12.4. The monoisotopic (exact) mass is 248 g/mol. The zero-order valence-electron chi connectivity index (χ0n) is 11.4. The molecule has 1 saturated heterocycles. The Morgan fingerprint density at radius 2 is 1.83 bits per heavy atom. The van der Waals surface area contributed by atoms with Gasteiger partial charge in [0.1, 0.15) is 5.82 Å². The van der Waals surface area contributed by atoms with Gasteiger partial charge in [0.05, 0.1) is 6.04 Å². The van der Waals surface area contributed by atoms with Gasteiger partial charge in [-0.2, -0.15) is 5.10 Å². The number of aryl methyl sites for hydroxylation is 1. The van der Waals surface area contributed by atoms with Crippen molar-refractivity contribution in [1.29, 1.82) is 0 Å². The third-order valence-corrected chi connectivity index (χ3v) is 4.41. The first-order valence-corrected chi connectivity index (χ1v) is 7.49. The van der Waals surface area contributed by atoms with Gasteiger partial charge in [-0.3, -0.25) is 4.68 Å². The maximum atomic E-state index is 4.85. The summed E-state index contributed by atoms with van der Waals surface area (Å²) in [6, 6.07) is 0.417. The highest BCUT2D eigenvalue weighted by molar-refractivity contribution is 5.05. The molecule has 1 aliphatic heterocycles. The lowest BCUT2D eigenvalue weighted by Gasteiger charge is -2.14. The molecule has 0 radical (unpaired) electrons. The molecule has 4 heteroatoms. The van der Waals surface area contributed by atoms with Gasteiger partial charge in [-0.05, 0) is 32.2 Å². The van der Waals surface area contributed by atoms with Crippen LogP contribution in [0, 0.1) is 0 Å². The third kappa shape index (κ3) is 2.44. The van der Waals surface area contributed by atoms with Crippen molar-refractivity contribution >= 4 is 0 Å². The lowest BCUT2D eigenvalue weighted by molar-refractivity contribution is 0.483. The highest BCUT2D eigenvalue weighted by Gasteiger charge is 2.25. The van der Waals surface area contributed by atoms with Gasteiger partial charge >= 0.3 is 0 Å². The molecule has 0 aromatic carbocycles. The van der Waals surface area contributed by atoms with Gasteiger partial charge < -0.3 is 5.32 Å². The summed E-state index contributed by atoms with van der Waals surface area (Å²) in [6.07, 6.45) is 10.4. The van der Waals surface area contributed by atoms with Crippen molar-refractivity contribution in [3.63, 3.8) is 0 Å². The molecule has 0 amide bonds. The molecule has 2 fully saturated rings. The van der Waals surface area contributed by atoms with Gasteiger partial charge in [0.2, 0.25) is 0 Å². The van der Waals surface area contributed by atoms with Crippen LogP contribution in [0.3, 0.4) is 0 Å². The molecular formula is C14H24N4. The Morgan fingerprint density at radius 3 is 2.67 bits per heavy atom. The van der Waals surface area contributed by atoms with Crippen LogP contribution in [0.1, 0.15) is 75.0 Å². The van der Waals surface area contributed by atoms with Crippen molar-refractivity contribution in [2.24, 2.45) is 7.05 Å². The van der Waals surface area contributed by atoms with E-state index >= 15 is 0 Å². The second-order valence-corrected chi connectivity index (χ2v) is 5.79. The number of nitrogens with zero attached hydrogens (tertiary/aromatic N) is 3. The Morgan fingerprint density at radius 1 is 1.06 bits per heavy atom. The summed E-state index contributed by atoms with van der Waals surface area (Å²) in [5.74, 6) is 2.87. The average Bonchev–Trinajstić information content (AvgIpc) is 2.93. The number of aromatic nitrogens is 3. The summed E-state index contributed by atoms with van der Waals surface area (Å²) < 4.78 is 2.01. The molecule has 2 aliphatic rings. The normalized spacial score (nSPS) is 26.4. The molecule has 1 aromatic rings. The zero-order valence-corrected chi connectivity index (χ0v) is 11.4. The molecular weight excluding hydrogens is 224 g/mol. The molecule has 3 rings (SSSR count). The molecule has 100 valence electrons. The van der Waals surface area contributed by atoms with E-state index in [1.54, 1.807) is 0 Å². The fourth-order valence-corrected chi connectivity index (χ4v) is 3.33. The first-order chi connectivity index (χ1) is 8.84. The topological polar surface area (TPSA) is 42.7 Å². The van der Waals surface area contributed by atoms with Crippen LogP contribution in [0.5, 0.6) is 0 Å². The van der Waals surface area contributed by atoms with Crippen LogP contribution in [0.15, 0.2) is 0 Å². The summed E-state index contributed by atoms with van der Waals surface area (Å²) in [5, 5.41) is 8.28. The minimum Gasteiger partial charge on any atom is -0.307 e. The molecule has 4 nitrogen and oxygen atoms in total. The summed E-state index contributed by atoms with van der Waals surface area (Å²) >= 11 is 0. The minimum atomic E-state index is 0.417. The Kier molecular flexibility index (Phi) is 3.64. The SMILES string of the molecule is Cn1nc(C2CCCC2)nc1C1CCCCCN1. The fraction of sp³-hybridized carbons (Fsp3) is 0.857. The Labute approximate surface area is 109 Å². The molecule has 1 aromatic heterocycles. The largest absolute Gasteiger partial charge is 0.307 e. The van der Waals surface area contributed by atoms with E-state index in [2.05, 4.69) is 10.4 Å². The van der Waals surface area contributed by atoms with Crippen molar-refractivity contribution in [1.82, 2.24) is 20.1 Å². The summed E-state index contributed by atoms with van der Waals surface area (Å²) in [7, 11) is 2.05. The van der Waals surface area contributed by atoms with E-state index < -0.39 is 0 Å². The Bertz CT molecular complexity index is 384.